The molecular formula is C16H21N3O3. The van der Waals surface area contributed by atoms with Gasteiger partial charge in [-0.3, -0.25) is 4.79 Å². The molecule has 3 rings (SSSR count). The zero-order valence-corrected chi connectivity index (χ0v) is 12.5. The van der Waals surface area contributed by atoms with Crippen molar-refractivity contribution in [3.8, 4) is 0 Å². The quantitative estimate of drug-likeness (QED) is 0.851. The van der Waals surface area contributed by atoms with Gasteiger partial charge < -0.3 is 20.3 Å². The van der Waals surface area contributed by atoms with Crippen LogP contribution in [0.2, 0.25) is 0 Å². The van der Waals surface area contributed by atoms with Gasteiger partial charge in [0.2, 0.25) is 5.91 Å². The monoisotopic (exact) mass is 303 g/mol. The lowest BCUT2D eigenvalue weighted by molar-refractivity contribution is -0.131. The smallest absolute Gasteiger partial charge is 0.410 e. The van der Waals surface area contributed by atoms with Crippen molar-refractivity contribution in [2.45, 2.75) is 25.0 Å². The number of nitrogens with zero attached hydrogens (tertiary/aromatic N) is 1. The standard InChI is InChI=1S/C16H21N3O3/c20-14-16(18-9-8-17-14)6-10-19(11-7-16)15(21)22-12-13-4-2-1-3-5-13/h1-5,18H,6-12H2,(H,17,20). The zero-order valence-electron chi connectivity index (χ0n) is 12.5. The molecule has 1 spiro atoms. The molecule has 1 aromatic rings. The fourth-order valence-electron chi connectivity index (χ4n) is 3.01. The summed E-state index contributed by atoms with van der Waals surface area (Å²) < 4.78 is 5.34. The Morgan fingerprint density at radius 3 is 2.59 bits per heavy atom. The number of benzene rings is 1. The molecule has 6 heteroatoms. The SMILES string of the molecule is O=C(OCc1ccccc1)N1CCC2(CC1)NCCNC2=O. The summed E-state index contributed by atoms with van der Waals surface area (Å²) in [6.45, 7) is 2.80. The minimum Gasteiger partial charge on any atom is -0.445 e. The second-order valence-corrected chi connectivity index (χ2v) is 5.79. The molecule has 2 aliphatic heterocycles. The summed E-state index contributed by atoms with van der Waals surface area (Å²) in [4.78, 5) is 25.8. The van der Waals surface area contributed by atoms with Crippen molar-refractivity contribution in [1.82, 2.24) is 15.5 Å². The van der Waals surface area contributed by atoms with Gasteiger partial charge in [0, 0.05) is 26.2 Å². The molecule has 0 atom stereocenters. The number of piperidine rings is 1. The van der Waals surface area contributed by atoms with Crippen molar-refractivity contribution in [2.75, 3.05) is 26.2 Å². The predicted octanol–water partition coefficient (Wildman–Crippen LogP) is 0.877. The van der Waals surface area contributed by atoms with Crippen LogP contribution < -0.4 is 10.6 Å². The Hall–Kier alpha value is -2.08. The molecule has 1 aromatic carbocycles. The number of rotatable bonds is 2. The van der Waals surface area contributed by atoms with Crippen LogP contribution in [-0.4, -0.2) is 48.6 Å². The number of hydrogen-bond acceptors (Lipinski definition) is 4. The summed E-state index contributed by atoms with van der Waals surface area (Å²) in [5, 5.41) is 6.21. The van der Waals surface area contributed by atoms with E-state index < -0.39 is 5.54 Å². The van der Waals surface area contributed by atoms with Crippen molar-refractivity contribution in [3.05, 3.63) is 35.9 Å². The lowest BCUT2D eigenvalue weighted by atomic mass is 9.85. The maximum absolute atomic E-state index is 12.1. The molecule has 0 unspecified atom stereocenters. The molecule has 2 heterocycles. The van der Waals surface area contributed by atoms with E-state index in [4.69, 9.17) is 4.74 Å². The molecular weight excluding hydrogens is 282 g/mol. The average molecular weight is 303 g/mol. The van der Waals surface area contributed by atoms with Gasteiger partial charge in [-0.25, -0.2) is 4.79 Å². The first kappa shape index (κ1) is 14.8. The minimum absolute atomic E-state index is 0.0519. The Kier molecular flexibility index (Phi) is 4.29. The zero-order chi connectivity index (χ0) is 15.4. The van der Waals surface area contributed by atoms with Crippen LogP contribution >= 0.6 is 0 Å². The maximum atomic E-state index is 12.1. The van der Waals surface area contributed by atoms with Crippen LogP contribution in [0.1, 0.15) is 18.4 Å². The fraction of sp³-hybridized carbons (Fsp3) is 0.500. The van der Waals surface area contributed by atoms with Crippen LogP contribution in [0.4, 0.5) is 4.79 Å². The molecule has 0 saturated carbocycles. The number of nitrogens with one attached hydrogen (secondary N) is 2. The van der Waals surface area contributed by atoms with Gasteiger partial charge in [-0.15, -0.1) is 0 Å². The summed E-state index contributed by atoms with van der Waals surface area (Å²) in [5.74, 6) is 0.0519. The van der Waals surface area contributed by atoms with E-state index in [9.17, 15) is 9.59 Å². The summed E-state index contributed by atoms with van der Waals surface area (Å²) >= 11 is 0. The van der Waals surface area contributed by atoms with Crippen molar-refractivity contribution < 1.29 is 14.3 Å². The first-order valence-corrected chi connectivity index (χ1v) is 7.69. The lowest BCUT2D eigenvalue weighted by Crippen LogP contribution is -2.66. The highest BCUT2D eigenvalue weighted by Crippen LogP contribution is 2.24. The maximum Gasteiger partial charge on any atom is 0.410 e. The third kappa shape index (κ3) is 3.06. The molecule has 0 radical (unpaired) electrons. The number of amides is 2. The van der Waals surface area contributed by atoms with Gasteiger partial charge in [0.15, 0.2) is 0 Å². The van der Waals surface area contributed by atoms with Gasteiger partial charge in [0.05, 0.1) is 0 Å². The van der Waals surface area contributed by atoms with E-state index in [1.165, 1.54) is 0 Å². The molecule has 0 bridgehead atoms. The summed E-state index contributed by atoms with van der Waals surface area (Å²) in [7, 11) is 0. The van der Waals surface area contributed by atoms with Crippen molar-refractivity contribution in [3.63, 3.8) is 0 Å². The molecule has 22 heavy (non-hydrogen) atoms. The normalized spacial score (nSPS) is 20.5. The lowest BCUT2D eigenvalue weighted by Gasteiger charge is -2.43. The van der Waals surface area contributed by atoms with E-state index in [0.717, 1.165) is 12.1 Å². The van der Waals surface area contributed by atoms with Crippen LogP contribution in [0, 0.1) is 0 Å². The highest BCUT2D eigenvalue weighted by molar-refractivity contribution is 5.87. The topological polar surface area (TPSA) is 70.7 Å². The fourth-order valence-corrected chi connectivity index (χ4v) is 3.01. The first-order valence-electron chi connectivity index (χ1n) is 7.69. The van der Waals surface area contributed by atoms with E-state index in [-0.39, 0.29) is 18.6 Å². The predicted molar refractivity (Wildman–Crippen MR) is 81.2 cm³/mol. The van der Waals surface area contributed by atoms with Gasteiger partial charge in [0.1, 0.15) is 12.1 Å². The molecule has 2 saturated heterocycles. The van der Waals surface area contributed by atoms with Crippen LogP contribution in [0.25, 0.3) is 0 Å². The third-order valence-electron chi connectivity index (χ3n) is 4.39. The molecule has 0 aromatic heterocycles. The first-order chi connectivity index (χ1) is 10.7. The highest BCUT2D eigenvalue weighted by Gasteiger charge is 2.43. The molecule has 2 aliphatic rings. The van der Waals surface area contributed by atoms with Crippen molar-refractivity contribution >= 4 is 12.0 Å². The van der Waals surface area contributed by atoms with E-state index >= 15 is 0 Å². The summed E-state index contributed by atoms with van der Waals surface area (Å²) in [6.07, 6.45) is 0.938. The van der Waals surface area contributed by atoms with Crippen LogP contribution in [0.3, 0.4) is 0 Å². The molecule has 6 nitrogen and oxygen atoms in total. The van der Waals surface area contributed by atoms with Gasteiger partial charge in [0.25, 0.3) is 0 Å². The Morgan fingerprint density at radius 2 is 1.91 bits per heavy atom. The summed E-state index contributed by atoms with van der Waals surface area (Å²) in [6, 6.07) is 9.61. The van der Waals surface area contributed by atoms with Gasteiger partial charge in [-0.1, -0.05) is 30.3 Å². The number of piperazine rings is 1. The van der Waals surface area contributed by atoms with Gasteiger partial charge >= 0.3 is 6.09 Å². The van der Waals surface area contributed by atoms with Crippen molar-refractivity contribution in [2.24, 2.45) is 0 Å². The summed E-state index contributed by atoms with van der Waals surface area (Å²) in [5.41, 5.74) is 0.465. The number of carbonyl (C=O) groups is 2. The van der Waals surface area contributed by atoms with E-state index in [0.29, 0.717) is 32.5 Å². The Morgan fingerprint density at radius 1 is 1.18 bits per heavy atom. The largest absolute Gasteiger partial charge is 0.445 e. The third-order valence-corrected chi connectivity index (χ3v) is 4.39. The average Bonchev–Trinajstić information content (AvgIpc) is 2.57. The second kappa shape index (κ2) is 6.36. The Balaban J connectivity index is 1.50. The molecule has 2 N–H and O–H groups in total. The van der Waals surface area contributed by atoms with Crippen molar-refractivity contribution in [1.29, 1.82) is 0 Å². The van der Waals surface area contributed by atoms with E-state index in [2.05, 4.69) is 10.6 Å². The minimum atomic E-state index is -0.505. The van der Waals surface area contributed by atoms with Gasteiger partial charge in [-0.2, -0.15) is 0 Å². The van der Waals surface area contributed by atoms with Crippen LogP contribution in [0.5, 0.6) is 0 Å². The van der Waals surface area contributed by atoms with Crippen LogP contribution in [0.15, 0.2) is 30.3 Å². The molecule has 0 aliphatic carbocycles. The highest BCUT2D eigenvalue weighted by atomic mass is 16.6. The number of carbonyl (C=O) groups excluding carboxylic acids is 2. The molecule has 2 amide bonds. The Bertz CT molecular complexity index is 539. The van der Waals surface area contributed by atoms with Gasteiger partial charge in [-0.05, 0) is 18.4 Å². The van der Waals surface area contributed by atoms with E-state index in [1.807, 2.05) is 30.3 Å². The number of ether oxygens (including phenoxy) is 1. The number of hydrogen-bond donors (Lipinski definition) is 2. The molecule has 2 fully saturated rings. The molecule has 118 valence electrons. The van der Waals surface area contributed by atoms with E-state index in [1.54, 1.807) is 4.90 Å². The Labute approximate surface area is 129 Å². The number of likely N-dealkylation sites (tertiary alicyclic amines) is 1. The second-order valence-electron chi connectivity index (χ2n) is 5.79. The van der Waals surface area contributed by atoms with Crippen LogP contribution in [-0.2, 0) is 16.1 Å².